The Morgan fingerprint density at radius 1 is 0.217 bits per heavy atom. The Bertz CT molecular complexity index is 5180. The van der Waals surface area contributed by atoms with Crippen molar-refractivity contribution in [1.29, 1.82) is 0 Å². The summed E-state index contributed by atoms with van der Waals surface area (Å²) in [6.45, 7) is 53.2. The highest BCUT2D eigenvalue weighted by Crippen LogP contribution is 2.53. The maximum atomic E-state index is 7.64. The molecule has 3 N–H and O–H groups in total. The first-order valence-electron chi connectivity index (χ1n) is 41.8. The van der Waals surface area contributed by atoms with E-state index in [9.17, 15) is 0 Å². The number of aromatic amines is 1. The number of nitrogens with one attached hydrogen (secondary N) is 3. The number of aliphatic imine (C=N–C) groups is 4. The highest BCUT2D eigenvalue weighted by molar-refractivity contribution is 6.29. The second-order valence-electron chi connectivity index (χ2n) is 35.0. The number of hydrogen-bond donors (Lipinski definition) is 3. The van der Waals surface area contributed by atoms with Crippen molar-refractivity contribution in [2.75, 3.05) is 10.6 Å². The molecule has 3 aliphatic rings. The number of para-hydroxylation sites is 6. The molecule has 594 valence electrons. The van der Waals surface area contributed by atoms with Crippen LogP contribution in [0.3, 0.4) is 0 Å². The van der Waals surface area contributed by atoms with Gasteiger partial charge in [-0.05, 0) is 192 Å². The second kappa shape index (κ2) is 33.0. The fourth-order valence-corrected chi connectivity index (χ4v) is 16.0. The Labute approximate surface area is 682 Å². The van der Waals surface area contributed by atoms with Crippen molar-refractivity contribution in [3.8, 4) is 69.0 Å². The number of benzene rings is 10. The maximum absolute atomic E-state index is 7.64. The van der Waals surface area contributed by atoms with Gasteiger partial charge in [-0.15, -0.1) is 0 Å². The number of fused-ring (bicyclic) bond motifs is 15. The molecule has 0 unspecified atom stereocenters. The second-order valence-corrected chi connectivity index (χ2v) is 35.0. The van der Waals surface area contributed by atoms with Gasteiger partial charge < -0.3 is 44.0 Å². The molecule has 13 nitrogen and oxygen atoms in total. The molecule has 0 amide bonds. The summed E-state index contributed by atoms with van der Waals surface area (Å²) in [7, 11) is 0. The minimum atomic E-state index is 0.116. The number of amidine groups is 4. The molecule has 4 heterocycles. The van der Waals surface area contributed by atoms with E-state index in [0.29, 0.717) is 91.4 Å². The van der Waals surface area contributed by atoms with Gasteiger partial charge >= 0.3 is 0 Å². The van der Waals surface area contributed by atoms with Gasteiger partial charge in [-0.2, -0.15) is 0 Å². The first-order valence-corrected chi connectivity index (χ1v) is 41.8. The van der Waals surface area contributed by atoms with Gasteiger partial charge in [0.25, 0.3) is 0 Å². The van der Waals surface area contributed by atoms with E-state index >= 15 is 0 Å². The Morgan fingerprint density at radius 3 is 0.617 bits per heavy atom. The van der Waals surface area contributed by atoms with E-state index < -0.39 is 0 Å². The molecule has 0 saturated carbocycles. The summed E-state index contributed by atoms with van der Waals surface area (Å²) in [5.74, 6) is 12.3. The van der Waals surface area contributed by atoms with E-state index in [0.717, 1.165) is 124 Å². The quantitative estimate of drug-likeness (QED) is 0.0542. The molecule has 0 saturated heterocycles. The van der Waals surface area contributed by atoms with Crippen LogP contribution in [0.5, 0.6) is 69.0 Å². The molecule has 10 aromatic carbocycles. The number of nitrogens with zero attached hydrogens (tertiary/aromatic N) is 4. The number of rotatable bonds is 24. The van der Waals surface area contributed by atoms with Crippen molar-refractivity contribution in [3.05, 3.63) is 259 Å². The van der Waals surface area contributed by atoms with Gasteiger partial charge in [-0.25, -0.2) is 20.0 Å². The summed E-state index contributed by atoms with van der Waals surface area (Å²) < 4.78 is 45.5. The molecule has 0 aliphatic carbocycles. The molecule has 14 rings (SSSR count). The summed E-state index contributed by atoms with van der Waals surface area (Å²) >= 11 is 0. The molecule has 11 aromatic rings. The van der Waals surface area contributed by atoms with Crippen LogP contribution in [0, 0.1) is 0 Å². The van der Waals surface area contributed by atoms with Crippen molar-refractivity contribution >= 4 is 57.1 Å². The van der Waals surface area contributed by atoms with Crippen molar-refractivity contribution in [3.63, 3.8) is 0 Å². The molecule has 115 heavy (non-hydrogen) atoms. The number of ether oxygens (including phenoxy) is 6. The fourth-order valence-electron chi connectivity index (χ4n) is 16.0. The van der Waals surface area contributed by atoms with Gasteiger partial charge in [0, 0.05) is 44.4 Å². The highest BCUT2D eigenvalue weighted by atomic mass is 16.5. The van der Waals surface area contributed by atoms with E-state index in [4.69, 9.17) is 48.4 Å². The normalized spacial score (nSPS) is 13.3. The van der Waals surface area contributed by atoms with Gasteiger partial charge in [-0.1, -0.05) is 281 Å². The maximum Gasteiger partial charge on any atom is 0.170 e. The average Bonchev–Trinajstić information content (AvgIpc) is 1.61. The molecule has 13 heteroatoms. The van der Waals surface area contributed by atoms with Crippen molar-refractivity contribution in [1.82, 2.24) is 4.98 Å². The van der Waals surface area contributed by atoms with Crippen LogP contribution in [0.25, 0.3) is 10.8 Å². The Balaban J connectivity index is 1.09. The molecule has 8 bridgehead atoms. The van der Waals surface area contributed by atoms with Crippen LogP contribution in [0.4, 0.5) is 23.0 Å². The van der Waals surface area contributed by atoms with Gasteiger partial charge in [-0.3, -0.25) is 0 Å². The molecular formula is C102H115N7O6. The summed E-state index contributed by atoms with van der Waals surface area (Å²) in [6, 6.07) is 59.6. The third-order valence-electron chi connectivity index (χ3n) is 22.4. The van der Waals surface area contributed by atoms with E-state index in [1.165, 1.54) is 0 Å². The van der Waals surface area contributed by atoms with Crippen LogP contribution >= 0.6 is 0 Å². The van der Waals surface area contributed by atoms with Crippen LogP contribution < -0.4 is 39.1 Å². The average molecular weight is 1540 g/mol. The van der Waals surface area contributed by atoms with Crippen LogP contribution in [0.2, 0.25) is 0 Å². The van der Waals surface area contributed by atoms with Crippen LogP contribution in [0.15, 0.2) is 190 Å². The molecular weight excluding hydrogens is 1420 g/mol. The van der Waals surface area contributed by atoms with Gasteiger partial charge in [0.15, 0.2) is 46.2 Å². The summed E-state index contributed by atoms with van der Waals surface area (Å²) in [5, 5.41) is 9.07. The lowest BCUT2D eigenvalue weighted by atomic mass is 9.93. The zero-order valence-corrected chi connectivity index (χ0v) is 71.8. The van der Waals surface area contributed by atoms with Gasteiger partial charge in [0.2, 0.25) is 0 Å². The van der Waals surface area contributed by atoms with Crippen molar-refractivity contribution in [2.24, 2.45) is 20.0 Å². The molecule has 0 atom stereocenters. The van der Waals surface area contributed by atoms with Crippen LogP contribution in [0.1, 0.15) is 326 Å². The predicted molar refractivity (Wildman–Crippen MR) is 479 cm³/mol. The minimum absolute atomic E-state index is 0.116. The molecule has 1 aromatic heterocycles. The zero-order chi connectivity index (χ0) is 81.9. The van der Waals surface area contributed by atoms with Crippen molar-refractivity contribution < 1.29 is 28.4 Å². The highest BCUT2D eigenvalue weighted by Gasteiger charge is 2.35. The van der Waals surface area contributed by atoms with Gasteiger partial charge in [0.1, 0.15) is 57.8 Å². The van der Waals surface area contributed by atoms with E-state index in [1.807, 2.05) is 18.2 Å². The fraction of sp³-hybridized carbons (Fsp3) is 0.353. The Kier molecular flexibility index (Phi) is 23.1. The minimum Gasteiger partial charge on any atom is -0.453 e. The van der Waals surface area contributed by atoms with Crippen LogP contribution in [-0.2, 0) is 0 Å². The number of anilines is 2. The third kappa shape index (κ3) is 16.1. The monoisotopic (exact) mass is 1530 g/mol. The van der Waals surface area contributed by atoms with E-state index in [-0.39, 0.29) is 71.0 Å². The number of aromatic nitrogens is 1. The zero-order valence-electron chi connectivity index (χ0n) is 71.8. The Morgan fingerprint density at radius 2 is 0.409 bits per heavy atom. The summed E-state index contributed by atoms with van der Waals surface area (Å²) in [6.07, 6.45) is 0. The van der Waals surface area contributed by atoms with Gasteiger partial charge in [0.05, 0.1) is 0 Å². The standard InChI is InChI=1S/C102H115N7O6/c1-53(2)67-34-26-35-68(54(3)4)91(67)110-85-47-79-81(49-87(85)112-93-71(57(9)10)38-28-39-72(93)58(11)12)99-105-97(79)103-65-32-25-33-66(46-65)104-98-80-48-86(111-92-69(55(5)6)36-27-37-70(92)56(7)8)88(113-94-73(59(13)14)40-29-41-74(94)60(15)16)50-82(80)100(106-98)108-102-84-52-90(115-96-77(63(21)22)44-31-45-78(96)64(23)24)89(51-83(84)101(107-99)109-102)114-95-75(61(17)18)42-30-43-76(95)62(19)20/h25-64,109H,1-24H3,(H,103,105,107)(H,104,106,108). The summed E-state index contributed by atoms with van der Waals surface area (Å²) in [5.41, 5.74) is 17.5. The van der Waals surface area contributed by atoms with Crippen molar-refractivity contribution in [2.45, 2.75) is 237 Å². The van der Waals surface area contributed by atoms with Crippen LogP contribution in [-0.4, -0.2) is 28.3 Å². The lowest BCUT2D eigenvalue weighted by Gasteiger charge is -2.24. The number of H-pyrrole nitrogens is 1. The third-order valence-corrected chi connectivity index (χ3v) is 22.4. The smallest absolute Gasteiger partial charge is 0.170 e. The number of hydrogen-bond acceptors (Lipinski definition) is 12. The largest absolute Gasteiger partial charge is 0.453 e. The Hall–Kier alpha value is -11.2. The lowest BCUT2D eigenvalue weighted by Crippen LogP contribution is -2.14. The lowest BCUT2D eigenvalue weighted by molar-refractivity contribution is 0.404. The molecule has 0 radical (unpaired) electrons. The molecule has 3 aliphatic heterocycles. The van der Waals surface area contributed by atoms with E-state index in [1.54, 1.807) is 0 Å². The van der Waals surface area contributed by atoms with E-state index in [2.05, 4.69) is 333 Å². The molecule has 0 spiro atoms. The topological polar surface area (TPSA) is 145 Å². The molecule has 0 fully saturated rings. The predicted octanol–water partition coefficient (Wildman–Crippen LogP) is 30.6. The first kappa shape index (κ1) is 80.4. The summed E-state index contributed by atoms with van der Waals surface area (Å²) in [4.78, 5) is 26.8. The first-order chi connectivity index (χ1) is 54.9. The SMILES string of the molecule is CC(C)c1cccc(C(C)C)c1Oc1cc2c(cc1Oc1c(C(C)C)cccc1C(C)C)C1=NC2=Nc2[nH]c(c3cc(Oc4c(C(C)C)cccc4C(C)C)c(Oc4c(C(C)C)cccc4C(C)C)cc23)N=C2N=C(Nc3cccc(c3)N1)c1cc(Oc3c(C(C)C)cccc3C(C)C)c(Oc3c(C(C)C)cccc3C(C)C)cc12.